The van der Waals surface area contributed by atoms with E-state index >= 15 is 0 Å². The minimum absolute atomic E-state index is 0.0425. The van der Waals surface area contributed by atoms with Gasteiger partial charge >= 0.3 is 5.97 Å². The van der Waals surface area contributed by atoms with Crippen molar-refractivity contribution in [3.05, 3.63) is 47.4 Å². The molecule has 0 aliphatic heterocycles. The van der Waals surface area contributed by atoms with Crippen LogP contribution in [-0.4, -0.2) is 23.2 Å². The second-order valence-corrected chi connectivity index (χ2v) is 4.94. The summed E-state index contributed by atoms with van der Waals surface area (Å²) in [7, 11) is 1.40. The SMILES string of the molecule is COc1ccc(-c2ccc(C(=O)O)c(C(C)C)n2)cc1F. The number of aromatic carboxylic acids is 1. The molecule has 0 unspecified atom stereocenters. The van der Waals surface area contributed by atoms with E-state index in [0.717, 1.165) is 0 Å². The van der Waals surface area contributed by atoms with Crippen LogP contribution < -0.4 is 4.74 Å². The molecule has 1 aromatic carbocycles. The minimum Gasteiger partial charge on any atom is -0.494 e. The molecular formula is C16H16FNO3. The van der Waals surface area contributed by atoms with Gasteiger partial charge in [-0.05, 0) is 36.2 Å². The average molecular weight is 289 g/mol. The molecule has 0 amide bonds. The molecule has 0 atom stereocenters. The number of carboxylic acid groups (broad SMARTS) is 1. The number of carboxylic acids is 1. The highest BCUT2D eigenvalue weighted by atomic mass is 19.1. The Labute approximate surface area is 122 Å². The number of halogens is 1. The Morgan fingerprint density at radius 2 is 2.00 bits per heavy atom. The molecule has 0 fully saturated rings. The molecule has 0 spiro atoms. The van der Waals surface area contributed by atoms with E-state index in [-0.39, 0.29) is 17.2 Å². The first kappa shape index (κ1) is 15.0. The van der Waals surface area contributed by atoms with Crippen LogP contribution >= 0.6 is 0 Å². The maximum absolute atomic E-state index is 13.8. The van der Waals surface area contributed by atoms with E-state index in [2.05, 4.69) is 4.98 Å². The van der Waals surface area contributed by atoms with Crippen molar-refractivity contribution in [2.45, 2.75) is 19.8 Å². The van der Waals surface area contributed by atoms with Gasteiger partial charge in [0.1, 0.15) is 0 Å². The Hall–Kier alpha value is -2.43. The maximum atomic E-state index is 13.8. The fourth-order valence-electron chi connectivity index (χ4n) is 2.08. The van der Waals surface area contributed by atoms with Gasteiger partial charge in [-0.15, -0.1) is 0 Å². The molecular weight excluding hydrogens is 273 g/mol. The summed E-state index contributed by atoms with van der Waals surface area (Å²) < 4.78 is 18.6. The summed E-state index contributed by atoms with van der Waals surface area (Å²) in [5, 5.41) is 9.17. The predicted molar refractivity (Wildman–Crippen MR) is 77.2 cm³/mol. The molecule has 2 rings (SSSR count). The Morgan fingerprint density at radius 3 is 2.52 bits per heavy atom. The molecule has 0 aliphatic carbocycles. The molecule has 21 heavy (non-hydrogen) atoms. The minimum atomic E-state index is -1.02. The summed E-state index contributed by atoms with van der Waals surface area (Å²) in [6, 6.07) is 7.62. The number of benzene rings is 1. The van der Waals surface area contributed by atoms with E-state index < -0.39 is 11.8 Å². The van der Waals surface area contributed by atoms with Gasteiger partial charge in [0.25, 0.3) is 0 Å². The summed E-state index contributed by atoms with van der Waals surface area (Å²) in [5.74, 6) is -1.38. The number of carbonyl (C=O) groups is 1. The zero-order chi connectivity index (χ0) is 15.6. The molecule has 5 heteroatoms. The molecule has 1 heterocycles. The van der Waals surface area contributed by atoms with Crippen molar-refractivity contribution in [2.24, 2.45) is 0 Å². The molecule has 110 valence electrons. The van der Waals surface area contributed by atoms with Gasteiger partial charge < -0.3 is 9.84 Å². The van der Waals surface area contributed by atoms with Gasteiger partial charge in [0.05, 0.1) is 24.1 Å². The Balaban J connectivity index is 2.52. The number of pyridine rings is 1. The van der Waals surface area contributed by atoms with E-state index in [4.69, 9.17) is 4.74 Å². The lowest BCUT2D eigenvalue weighted by Crippen LogP contribution is -2.07. The lowest BCUT2D eigenvalue weighted by Gasteiger charge is -2.11. The van der Waals surface area contributed by atoms with Crippen LogP contribution in [0, 0.1) is 5.82 Å². The van der Waals surface area contributed by atoms with Crippen LogP contribution in [-0.2, 0) is 0 Å². The molecule has 0 aliphatic rings. The molecule has 4 nitrogen and oxygen atoms in total. The monoisotopic (exact) mass is 289 g/mol. The van der Waals surface area contributed by atoms with Crippen molar-refractivity contribution in [1.82, 2.24) is 4.98 Å². The van der Waals surface area contributed by atoms with Gasteiger partial charge in [-0.3, -0.25) is 4.98 Å². The first-order chi connectivity index (χ1) is 9.93. The van der Waals surface area contributed by atoms with Crippen LogP contribution in [0.4, 0.5) is 4.39 Å². The third kappa shape index (κ3) is 3.02. The molecule has 0 saturated carbocycles. The van der Waals surface area contributed by atoms with Crippen molar-refractivity contribution in [2.75, 3.05) is 7.11 Å². The molecule has 2 aromatic rings. The largest absolute Gasteiger partial charge is 0.494 e. The molecule has 1 aromatic heterocycles. The third-order valence-electron chi connectivity index (χ3n) is 3.15. The first-order valence-electron chi connectivity index (χ1n) is 6.52. The normalized spacial score (nSPS) is 10.7. The third-order valence-corrected chi connectivity index (χ3v) is 3.15. The highest BCUT2D eigenvalue weighted by molar-refractivity contribution is 5.89. The molecule has 0 bridgehead atoms. The predicted octanol–water partition coefficient (Wildman–Crippen LogP) is 3.72. The standard InChI is InChI=1S/C16H16FNO3/c1-9(2)15-11(16(19)20)5-6-13(18-15)10-4-7-14(21-3)12(17)8-10/h4-9H,1-3H3,(H,19,20). The first-order valence-corrected chi connectivity index (χ1v) is 6.52. The van der Waals surface area contributed by atoms with Gasteiger partial charge in [0.2, 0.25) is 0 Å². The summed E-state index contributed by atoms with van der Waals surface area (Å²) in [6.07, 6.45) is 0. The number of hydrogen-bond acceptors (Lipinski definition) is 3. The second kappa shape index (κ2) is 5.91. The smallest absolute Gasteiger partial charge is 0.337 e. The van der Waals surface area contributed by atoms with Gasteiger partial charge in [0.15, 0.2) is 11.6 Å². The van der Waals surface area contributed by atoms with Crippen molar-refractivity contribution in [3.8, 4) is 17.0 Å². The Bertz CT molecular complexity index is 683. The van der Waals surface area contributed by atoms with Gasteiger partial charge in [-0.25, -0.2) is 9.18 Å². The molecule has 1 N–H and O–H groups in total. The number of ether oxygens (including phenoxy) is 1. The quantitative estimate of drug-likeness (QED) is 0.932. The Morgan fingerprint density at radius 1 is 1.29 bits per heavy atom. The summed E-state index contributed by atoms with van der Waals surface area (Å²) >= 11 is 0. The fraction of sp³-hybridized carbons (Fsp3) is 0.250. The highest BCUT2D eigenvalue weighted by Gasteiger charge is 2.16. The number of methoxy groups -OCH3 is 1. The topological polar surface area (TPSA) is 59.4 Å². The number of rotatable bonds is 4. The Kier molecular flexibility index (Phi) is 4.21. The summed E-state index contributed by atoms with van der Waals surface area (Å²) in [5.41, 5.74) is 1.76. The average Bonchev–Trinajstić information content (AvgIpc) is 2.46. The van der Waals surface area contributed by atoms with Crippen LogP contribution in [0.5, 0.6) is 5.75 Å². The van der Waals surface area contributed by atoms with Crippen molar-refractivity contribution in [1.29, 1.82) is 0 Å². The van der Waals surface area contributed by atoms with Crippen LogP contribution in [0.1, 0.15) is 35.8 Å². The number of aromatic nitrogens is 1. The molecule has 0 radical (unpaired) electrons. The number of hydrogen-bond donors (Lipinski definition) is 1. The maximum Gasteiger partial charge on any atom is 0.337 e. The van der Waals surface area contributed by atoms with Gasteiger partial charge in [0, 0.05) is 5.56 Å². The van der Waals surface area contributed by atoms with Crippen LogP contribution in [0.3, 0.4) is 0 Å². The summed E-state index contributed by atoms with van der Waals surface area (Å²) in [6.45, 7) is 3.74. The zero-order valence-electron chi connectivity index (χ0n) is 12.1. The van der Waals surface area contributed by atoms with Crippen LogP contribution in [0.15, 0.2) is 30.3 Å². The van der Waals surface area contributed by atoms with Crippen LogP contribution in [0.25, 0.3) is 11.3 Å². The van der Waals surface area contributed by atoms with Crippen molar-refractivity contribution in [3.63, 3.8) is 0 Å². The fourth-order valence-corrected chi connectivity index (χ4v) is 2.08. The lowest BCUT2D eigenvalue weighted by atomic mass is 10.0. The molecule has 0 saturated heterocycles. The highest BCUT2D eigenvalue weighted by Crippen LogP contribution is 2.27. The van der Waals surface area contributed by atoms with Crippen molar-refractivity contribution < 1.29 is 19.0 Å². The zero-order valence-corrected chi connectivity index (χ0v) is 12.1. The van der Waals surface area contributed by atoms with Gasteiger partial charge in [-0.1, -0.05) is 13.8 Å². The van der Waals surface area contributed by atoms with E-state index in [1.54, 1.807) is 12.1 Å². The van der Waals surface area contributed by atoms with E-state index in [1.165, 1.54) is 25.3 Å². The number of nitrogens with zero attached hydrogens (tertiary/aromatic N) is 1. The second-order valence-electron chi connectivity index (χ2n) is 4.94. The van der Waals surface area contributed by atoms with Gasteiger partial charge in [-0.2, -0.15) is 0 Å². The van der Waals surface area contributed by atoms with E-state index in [0.29, 0.717) is 17.0 Å². The summed E-state index contributed by atoms with van der Waals surface area (Å²) in [4.78, 5) is 15.6. The van der Waals surface area contributed by atoms with E-state index in [1.807, 2.05) is 13.8 Å². The van der Waals surface area contributed by atoms with Crippen LogP contribution in [0.2, 0.25) is 0 Å². The van der Waals surface area contributed by atoms with E-state index in [9.17, 15) is 14.3 Å². The van der Waals surface area contributed by atoms with Crippen molar-refractivity contribution >= 4 is 5.97 Å². The lowest BCUT2D eigenvalue weighted by molar-refractivity contribution is 0.0694.